The SMILES string of the molecule is CCCNc1ccc(Cl)cc1C(=O)NCC(F)(F)F. The Balaban J connectivity index is 2.84. The van der Waals surface area contributed by atoms with Crippen molar-refractivity contribution in [3.63, 3.8) is 0 Å². The highest BCUT2D eigenvalue weighted by Gasteiger charge is 2.28. The van der Waals surface area contributed by atoms with Crippen LogP contribution in [-0.4, -0.2) is 25.2 Å². The third-order valence-corrected chi connectivity index (χ3v) is 2.48. The van der Waals surface area contributed by atoms with Gasteiger partial charge in [0, 0.05) is 17.3 Å². The number of hydrogen-bond donors (Lipinski definition) is 2. The van der Waals surface area contributed by atoms with Crippen molar-refractivity contribution < 1.29 is 18.0 Å². The molecule has 0 aliphatic heterocycles. The van der Waals surface area contributed by atoms with Crippen LogP contribution in [0.5, 0.6) is 0 Å². The molecule has 0 atom stereocenters. The van der Waals surface area contributed by atoms with Crippen LogP contribution in [0.15, 0.2) is 18.2 Å². The maximum absolute atomic E-state index is 12.1. The molecule has 0 aliphatic rings. The van der Waals surface area contributed by atoms with Crippen LogP contribution in [0.25, 0.3) is 0 Å². The number of alkyl halides is 3. The van der Waals surface area contributed by atoms with Crippen molar-refractivity contribution in [2.45, 2.75) is 19.5 Å². The first-order chi connectivity index (χ1) is 8.83. The van der Waals surface area contributed by atoms with Crippen molar-refractivity contribution in [1.29, 1.82) is 0 Å². The summed E-state index contributed by atoms with van der Waals surface area (Å²) in [5.41, 5.74) is 0.566. The summed E-state index contributed by atoms with van der Waals surface area (Å²) in [6, 6.07) is 4.48. The van der Waals surface area contributed by atoms with Gasteiger partial charge in [0.2, 0.25) is 0 Å². The molecule has 7 heteroatoms. The highest BCUT2D eigenvalue weighted by Crippen LogP contribution is 2.21. The lowest BCUT2D eigenvalue weighted by atomic mass is 10.1. The van der Waals surface area contributed by atoms with E-state index in [0.717, 1.165) is 6.42 Å². The van der Waals surface area contributed by atoms with Gasteiger partial charge < -0.3 is 10.6 Å². The zero-order valence-electron chi connectivity index (χ0n) is 10.3. The second-order valence-electron chi connectivity index (χ2n) is 3.91. The van der Waals surface area contributed by atoms with Crippen molar-refractivity contribution in [2.75, 3.05) is 18.4 Å². The minimum absolute atomic E-state index is 0.102. The number of halogens is 4. The van der Waals surface area contributed by atoms with Crippen LogP contribution in [0.4, 0.5) is 18.9 Å². The van der Waals surface area contributed by atoms with Gasteiger partial charge in [-0.05, 0) is 24.6 Å². The van der Waals surface area contributed by atoms with Gasteiger partial charge in [-0.25, -0.2) is 0 Å². The Labute approximate surface area is 114 Å². The highest BCUT2D eigenvalue weighted by molar-refractivity contribution is 6.31. The smallest absolute Gasteiger partial charge is 0.384 e. The summed E-state index contributed by atoms with van der Waals surface area (Å²) in [5.74, 6) is -0.807. The Morgan fingerprint density at radius 1 is 1.37 bits per heavy atom. The molecule has 0 bridgehead atoms. The zero-order chi connectivity index (χ0) is 14.5. The van der Waals surface area contributed by atoms with Crippen LogP contribution in [0.1, 0.15) is 23.7 Å². The second-order valence-corrected chi connectivity index (χ2v) is 4.35. The number of anilines is 1. The largest absolute Gasteiger partial charge is 0.405 e. The van der Waals surface area contributed by atoms with Gasteiger partial charge in [0.05, 0.1) is 5.56 Å². The van der Waals surface area contributed by atoms with Crippen LogP contribution in [-0.2, 0) is 0 Å². The van der Waals surface area contributed by atoms with Crippen LogP contribution in [0, 0.1) is 0 Å². The summed E-state index contributed by atoms with van der Waals surface area (Å²) >= 11 is 5.76. The van der Waals surface area contributed by atoms with E-state index < -0.39 is 18.6 Å². The third-order valence-electron chi connectivity index (χ3n) is 2.24. The monoisotopic (exact) mass is 294 g/mol. The van der Waals surface area contributed by atoms with E-state index in [0.29, 0.717) is 17.3 Å². The third kappa shape index (κ3) is 5.38. The molecule has 19 heavy (non-hydrogen) atoms. The average Bonchev–Trinajstić information content (AvgIpc) is 2.33. The molecule has 0 radical (unpaired) electrons. The van der Waals surface area contributed by atoms with E-state index in [1.807, 2.05) is 12.2 Å². The van der Waals surface area contributed by atoms with Crippen molar-refractivity contribution >= 4 is 23.2 Å². The Bertz CT molecular complexity index is 449. The van der Waals surface area contributed by atoms with E-state index >= 15 is 0 Å². The molecule has 0 heterocycles. The predicted molar refractivity (Wildman–Crippen MR) is 68.6 cm³/mol. The molecule has 3 nitrogen and oxygen atoms in total. The van der Waals surface area contributed by atoms with Crippen molar-refractivity contribution in [3.8, 4) is 0 Å². The molecular weight excluding hydrogens is 281 g/mol. The maximum Gasteiger partial charge on any atom is 0.405 e. The predicted octanol–water partition coefficient (Wildman–Crippen LogP) is 3.45. The quantitative estimate of drug-likeness (QED) is 0.873. The van der Waals surface area contributed by atoms with E-state index in [2.05, 4.69) is 5.32 Å². The molecule has 0 saturated carbocycles. The summed E-state index contributed by atoms with van der Waals surface area (Å²) in [6.07, 6.45) is -3.61. The van der Waals surface area contributed by atoms with E-state index in [1.54, 1.807) is 12.1 Å². The van der Waals surface area contributed by atoms with Gasteiger partial charge in [-0.3, -0.25) is 4.79 Å². The maximum atomic E-state index is 12.1. The molecule has 106 valence electrons. The molecule has 1 aromatic rings. The van der Waals surface area contributed by atoms with Gasteiger partial charge in [0.25, 0.3) is 5.91 Å². The first-order valence-electron chi connectivity index (χ1n) is 5.72. The standard InChI is InChI=1S/C12H14ClF3N2O/c1-2-5-17-10-4-3-8(13)6-9(10)11(19)18-7-12(14,15)16/h3-4,6,17H,2,5,7H2,1H3,(H,18,19). The topological polar surface area (TPSA) is 41.1 Å². The van der Waals surface area contributed by atoms with Crippen molar-refractivity contribution in [2.24, 2.45) is 0 Å². The summed E-state index contributed by atoms with van der Waals surface area (Å²) in [6.45, 7) is 1.18. The van der Waals surface area contributed by atoms with Gasteiger partial charge in [-0.1, -0.05) is 18.5 Å². The van der Waals surface area contributed by atoms with Gasteiger partial charge in [0.1, 0.15) is 6.54 Å². The van der Waals surface area contributed by atoms with Gasteiger partial charge >= 0.3 is 6.18 Å². The van der Waals surface area contributed by atoms with E-state index in [1.165, 1.54) is 6.07 Å². The minimum atomic E-state index is -4.44. The van der Waals surface area contributed by atoms with Crippen LogP contribution < -0.4 is 10.6 Å². The molecule has 1 aromatic carbocycles. The first-order valence-corrected chi connectivity index (χ1v) is 6.09. The molecule has 0 aromatic heterocycles. The zero-order valence-corrected chi connectivity index (χ0v) is 11.0. The molecule has 1 amide bonds. The number of carbonyl (C=O) groups excluding carboxylic acids is 1. The number of amides is 1. The Morgan fingerprint density at radius 3 is 2.63 bits per heavy atom. The molecule has 1 rings (SSSR count). The van der Waals surface area contributed by atoms with E-state index in [4.69, 9.17) is 11.6 Å². The van der Waals surface area contributed by atoms with Crippen LogP contribution in [0.2, 0.25) is 5.02 Å². The molecule has 0 saturated heterocycles. The number of hydrogen-bond acceptors (Lipinski definition) is 2. The second kappa shape index (κ2) is 6.65. The number of nitrogens with one attached hydrogen (secondary N) is 2. The molecular formula is C12H14ClF3N2O. The fraction of sp³-hybridized carbons (Fsp3) is 0.417. The lowest BCUT2D eigenvalue weighted by Crippen LogP contribution is -2.34. The lowest BCUT2D eigenvalue weighted by Gasteiger charge is -2.13. The molecule has 0 aliphatic carbocycles. The number of benzene rings is 1. The Kier molecular flexibility index (Phi) is 5.47. The van der Waals surface area contributed by atoms with Gasteiger partial charge in [-0.15, -0.1) is 0 Å². The average molecular weight is 295 g/mol. The van der Waals surface area contributed by atoms with Gasteiger partial charge in [-0.2, -0.15) is 13.2 Å². The Morgan fingerprint density at radius 2 is 2.05 bits per heavy atom. The van der Waals surface area contributed by atoms with Crippen molar-refractivity contribution in [1.82, 2.24) is 5.32 Å². The summed E-state index contributed by atoms with van der Waals surface area (Å²) in [7, 11) is 0. The minimum Gasteiger partial charge on any atom is -0.384 e. The Hall–Kier alpha value is -1.43. The van der Waals surface area contributed by atoms with Crippen LogP contribution >= 0.6 is 11.6 Å². The molecule has 0 fully saturated rings. The molecule has 2 N–H and O–H groups in total. The van der Waals surface area contributed by atoms with Gasteiger partial charge in [0.15, 0.2) is 0 Å². The van der Waals surface area contributed by atoms with Crippen molar-refractivity contribution in [3.05, 3.63) is 28.8 Å². The summed E-state index contributed by atoms with van der Waals surface area (Å²) in [4.78, 5) is 11.7. The first kappa shape index (κ1) is 15.6. The van der Waals surface area contributed by atoms with E-state index in [9.17, 15) is 18.0 Å². The summed E-state index contributed by atoms with van der Waals surface area (Å²) in [5, 5.41) is 5.08. The molecule has 0 spiro atoms. The molecule has 0 unspecified atom stereocenters. The fourth-order valence-corrected chi connectivity index (χ4v) is 1.57. The van der Waals surface area contributed by atoms with E-state index in [-0.39, 0.29) is 5.56 Å². The highest BCUT2D eigenvalue weighted by atomic mass is 35.5. The summed E-state index contributed by atoms with van der Waals surface area (Å²) < 4.78 is 36.2. The number of rotatable bonds is 5. The van der Waals surface area contributed by atoms with Crippen LogP contribution in [0.3, 0.4) is 0 Å². The fourth-order valence-electron chi connectivity index (χ4n) is 1.39. The number of carbonyl (C=O) groups is 1. The normalized spacial score (nSPS) is 11.2. The lowest BCUT2D eigenvalue weighted by molar-refractivity contribution is -0.123.